The summed E-state index contributed by atoms with van der Waals surface area (Å²) in [5, 5.41) is 2.44. The summed E-state index contributed by atoms with van der Waals surface area (Å²) in [5.74, 6) is 0. The van der Waals surface area contributed by atoms with Gasteiger partial charge in [0.15, 0.2) is 0 Å². The van der Waals surface area contributed by atoms with Crippen molar-refractivity contribution in [3.05, 3.63) is 11.1 Å². The van der Waals surface area contributed by atoms with E-state index in [1.807, 2.05) is 0 Å². The van der Waals surface area contributed by atoms with Crippen LogP contribution >= 0.6 is 24.8 Å². The molecule has 0 saturated heterocycles. The number of hydrogen-bond donors (Lipinski definition) is 4. The lowest BCUT2D eigenvalue weighted by atomic mass is 10.3. The van der Waals surface area contributed by atoms with Crippen LogP contribution in [0.2, 0.25) is 0 Å². The molecule has 0 bridgehead atoms. The summed E-state index contributed by atoms with van der Waals surface area (Å²) >= 11 is 9.26. The minimum Gasteiger partial charge on any atom is -0.281 e. The lowest BCUT2D eigenvalue weighted by molar-refractivity contribution is 0.0770. The highest BCUT2D eigenvalue weighted by atomic mass is 32.1. The van der Waals surface area contributed by atoms with Gasteiger partial charge in [-0.15, -0.1) is 12.6 Å². The Bertz CT molecular complexity index is 260. The third-order valence-electron chi connectivity index (χ3n) is 2.38. The van der Waals surface area contributed by atoms with Crippen molar-refractivity contribution >= 4 is 29.8 Å². The molecule has 2 aliphatic rings. The van der Waals surface area contributed by atoms with E-state index in [1.54, 1.807) is 11.3 Å². The molecule has 0 unspecified atom stereocenters. The van der Waals surface area contributed by atoms with Crippen molar-refractivity contribution in [3.8, 4) is 0 Å². The van der Waals surface area contributed by atoms with Gasteiger partial charge < -0.3 is 0 Å². The van der Waals surface area contributed by atoms with Crippen LogP contribution in [0.5, 0.6) is 0 Å². The van der Waals surface area contributed by atoms with Gasteiger partial charge in [0.1, 0.15) is 4.99 Å². The van der Waals surface area contributed by atoms with Gasteiger partial charge in [-0.2, -0.15) is 0 Å². The van der Waals surface area contributed by atoms with Gasteiger partial charge in [-0.25, -0.2) is 5.43 Å². The number of hydrogen-bond acceptors (Lipinski definition) is 5. The molecule has 1 aliphatic carbocycles. The van der Waals surface area contributed by atoms with Crippen LogP contribution in [0.4, 0.5) is 0 Å². The summed E-state index contributed by atoms with van der Waals surface area (Å²) in [6, 6.07) is 0.539. The summed E-state index contributed by atoms with van der Waals surface area (Å²) in [5.41, 5.74) is 9.33. The SMILES string of the molecule is S=C1C=C(S)NN(NC2CCCC2)N1. The zero-order valence-corrected chi connectivity index (χ0v) is 9.50. The highest BCUT2D eigenvalue weighted by Crippen LogP contribution is 2.17. The standard InChI is InChI=1S/C8H14N4S2/c13-7-5-8(14)11-12(10-7)9-6-3-1-2-4-6/h5-6,9-10,13H,1-4H2,(H,11,14). The van der Waals surface area contributed by atoms with Crippen LogP contribution in [0.1, 0.15) is 25.7 Å². The second-order valence-corrected chi connectivity index (χ2v) is 4.48. The topological polar surface area (TPSA) is 39.3 Å². The lowest BCUT2D eigenvalue weighted by Crippen LogP contribution is -2.61. The predicted molar refractivity (Wildman–Crippen MR) is 63.2 cm³/mol. The molecule has 78 valence electrons. The van der Waals surface area contributed by atoms with Gasteiger partial charge in [-0.3, -0.25) is 10.9 Å². The number of thiol groups is 1. The molecule has 1 heterocycles. The molecule has 0 aromatic carbocycles. The van der Waals surface area contributed by atoms with Crippen LogP contribution in [0, 0.1) is 0 Å². The second-order valence-electron chi connectivity index (χ2n) is 3.56. The molecule has 0 amide bonds. The molecule has 0 radical (unpaired) electrons. The Hall–Kier alpha value is -0.300. The molecule has 0 aromatic heterocycles. The van der Waals surface area contributed by atoms with Gasteiger partial charge in [0.2, 0.25) is 0 Å². The third kappa shape index (κ3) is 2.60. The van der Waals surface area contributed by atoms with Crippen molar-refractivity contribution in [2.75, 3.05) is 0 Å². The van der Waals surface area contributed by atoms with Gasteiger partial charge in [-0.05, 0) is 12.8 Å². The average molecular weight is 230 g/mol. The van der Waals surface area contributed by atoms with Crippen molar-refractivity contribution in [2.24, 2.45) is 0 Å². The van der Waals surface area contributed by atoms with Crippen LogP contribution in [-0.2, 0) is 0 Å². The van der Waals surface area contributed by atoms with Crippen molar-refractivity contribution in [1.82, 2.24) is 21.5 Å². The molecule has 6 heteroatoms. The van der Waals surface area contributed by atoms with E-state index in [4.69, 9.17) is 12.2 Å². The average Bonchev–Trinajstić information content (AvgIpc) is 2.54. The lowest BCUT2D eigenvalue weighted by Gasteiger charge is -2.31. The summed E-state index contributed by atoms with van der Waals surface area (Å²) in [7, 11) is 0. The summed E-state index contributed by atoms with van der Waals surface area (Å²) in [4.78, 5) is 0.666. The minimum absolute atomic E-state index is 0.539. The summed E-state index contributed by atoms with van der Waals surface area (Å²) in [6.45, 7) is 0. The van der Waals surface area contributed by atoms with E-state index in [2.05, 4.69) is 28.9 Å². The Balaban J connectivity index is 1.86. The van der Waals surface area contributed by atoms with Crippen LogP contribution in [-0.4, -0.2) is 16.3 Å². The zero-order chi connectivity index (χ0) is 9.97. The Morgan fingerprint density at radius 1 is 1.43 bits per heavy atom. The van der Waals surface area contributed by atoms with Crippen LogP contribution in [0.15, 0.2) is 11.1 Å². The highest BCUT2D eigenvalue weighted by molar-refractivity contribution is 7.84. The van der Waals surface area contributed by atoms with Gasteiger partial charge in [0.05, 0.1) is 5.03 Å². The fourth-order valence-electron chi connectivity index (χ4n) is 1.74. The molecule has 1 fully saturated rings. The zero-order valence-electron chi connectivity index (χ0n) is 7.79. The van der Waals surface area contributed by atoms with Crippen LogP contribution in [0.3, 0.4) is 0 Å². The second kappa shape index (κ2) is 4.48. The smallest absolute Gasteiger partial charge is 0.118 e. The van der Waals surface area contributed by atoms with E-state index >= 15 is 0 Å². The Labute approximate surface area is 94.4 Å². The Kier molecular flexibility index (Phi) is 3.27. The third-order valence-corrected chi connectivity index (χ3v) is 2.82. The van der Waals surface area contributed by atoms with Gasteiger partial charge >= 0.3 is 0 Å². The summed E-state index contributed by atoms with van der Waals surface area (Å²) < 4.78 is 0. The first kappa shape index (κ1) is 10.2. The fourth-order valence-corrected chi connectivity index (χ4v) is 2.27. The monoisotopic (exact) mass is 230 g/mol. The van der Waals surface area contributed by atoms with Crippen molar-refractivity contribution < 1.29 is 0 Å². The Morgan fingerprint density at radius 2 is 2.14 bits per heavy atom. The molecule has 0 atom stereocenters. The number of nitrogens with one attached hydrogen (secondary N) is 3. The molecular weight excluding hydrogens is 216 g/mol. The molecule has 14 heavy (non-hydrogen) atoms. The van der Waals surface area contributed by atoms with Gasteiger partial charge in [-0.1, -0.05) is 30.3 Å². The molecule has 2 rings (SSSR count). The molecule has 1 aliphatic heterocycles. The maximum Gasteiger partial charge on any atom is 0.118 e. The molecular formula is C8H14N4S2. The minimum atomic E-state index is 0.539. The van der Waals surface area contributed by atoms with E-state index in [-0.39, 0.29) is 0 Å². The Morgan fingerprint density at radius 3 is 2.79 bits per heavy atom. The van der Waals surface area contributed by atoms with E-state index < -0.39 is 0 Å². The van der Waals surface area contributed by atoms with Crippen LogP contribution in [0.25, 0.3) is 0 Å². The van der Waals surface area contributed by atoms with E-state index in [1.165, 1.54) is 25.7 Å². The largest absolute Gasteiger partial charge is 0.281 e. The highest BCUT2D eigenvalue weighted by Gasteiger charge is 2.19. The first-order valence-electron chi connectivity index (χ1n) is 4.78. The fraction of sp³-hybridized carbons (Fsp3) is 0.625. The molecule has 0 aromatic rings. The molecule has 3 N–H and O–H groups in total. The molecule has 1 saturated carbocycles. The summed E-state index contributed by atoms with van der Waals surface area (Å²) in [6.07, 6.45) is 6.82. The first-order chi connectivity index (χ1) is 6.74. The first-order valence-corrected chi connectivity index (χ1v) is 5.64. The number of thiocarbonyl (C=S) groups is 1. The van der Waals surface area contributed by atoms with Crippen molar-refractivity contribution in [2.45, 2.75) is 31.7 Å². The van der Waals surface area contributed by atoms with E-state index in [0.29, 0.717) is 11.0 Å². The van der Waals surface area contributed by atoms with Crippen molar-refractivity contribution in [1.29, 1.82) is 0 Å². The molecule has 0 spiro atoms. The number of nitrogens with zero attached hydrogens (tertiary/aromatic N) is 1. The maximum atomic E-state index is 5.04. The van der Waals surface area contributed by atoms with E-state index in [9.17, 15) is 0 Å². The van der Waals surface area contributed by atoms with E-state index in [0.717, 1.165) is 5.03 Å². The van der Waals surface area contributed by atoms with Gasteiger partial charge in [0.25, 0.3) is 0 Å². The van der Waals surface area contributed by atoms with Crippen LogP contribution < -0.4 is 16.3 Å². The normalized spacial score (nSPS) is 24.4. The number of rotatable bonds is 2. The van der Waals surface area contributed by atoms with Gasteiger partial charge in [0, 0.05) is 12.1 Å². The number of hydrazine groups is 3. The van der Waals surface area contributed by atoms with Crippen molar-refractivity contribution in [3.63, 3.8) is 0 Å². The molecule has 4 nitrogen and oxygen atoms in total. The maximum absolute atomic E-state index is 5.04. The quantitative estimate of drug-likeness (QED) is 0.418. The predicted octanol–water partition coefficient (Wildman–Crippen LogP) is 0.857.